The van der Waals surface area contributed by atoms with E-state index in [9.17, 15) is 14.9 Å². The number of carbonyl (C=O) groups excluding carboxylic acids is 1. The van der Waals surface area contributed by atoms with Crippen molar-refractivity contribution in [3.8, 4) is 0 Å². The number of hydrogen-bond donors (Lipinski definition) is 1. The molecule has 1 spiro atoms. The number of hydrogen-bond acceptors (Lipinski definition) is 6. The van der Waals surface area contributed by atoms with Gasteiger partial charge in [-0.25, -0.2) is 0 Å². The van der Waals surface area contributed by atoms with Crippen LogP contribution in [0.15, 0.2) is 18.2 Å². The van der Waals surface area contributed by atoms with E-state index in [-0.39, 0.29) is 39.4 Å². The Labute approximate surface area is 164 Å². The Balaban J connectivity index is 1.74. The quantitative estimate of drug-likeness (QED) is 0.489. The van der Waals surface area contributed by atoms with E-state index in [2.05, 4.69) is 17.1 Å². The Morgan fingerprint density at radius 3 is 2.93 bits per heavy atom. The average molecular weight is 385 g/mol. The van der Waals surface area contributed by atoms with Crippen LogP contribution in [0.1, 0.15) is 44.6 Å². The first-order chi connectivity index (χ1) is 13.5. The lowest BCUT2D eigenvalue weighted by Gasteiger charge is -2.59. The highest BCUT2D eigenvalue weighted by Gasteiger charge is 2.69. The molecule has 1 N–H and O–H groups in total. The minimum absolute atomic E-state index is 0.0536. The van der Waals surface area contributed by atoms with Crippen LogP contribution in [0.5, 0.6) is 0 Å². The molecule has 1 saturated carbocycles. The van der Waals surface area contributed by atoms with Crippen LogP contribution in [-0.4, -0.2) is 48.1 Å². The number of benzene rings is 1. The van der Waals surface area contributed by atoms with Crippen molar-refractivity contribution in [1.82, 2.24) is 4.90 Å². The summed E-state index contributed by atoms with van der Waals surface area (Å²) in [6.07, 6.45) is 5.02. The molecule has 0 bridgehead atoms. The zero-order valence-corrected chi connectivity index (χ0v) is 16.4. The zero-order valence-electron chi connectivity index (χ0n) is 16.4. The molecule has 1 aromatic rings. The van der Waals surface area contributed by atoms with Crippen molar-refractivity contribution >= 4 is 17.3 Å². The van der Waals surface area contributed by atoms with Gasteiger partial charge in [0.25, 0.3) is 5.69 Å². The normalized spacial score (nSPS) is 38.1. The summed E-state index contributed by atoms with van der Waals surface area (Å²) >= 11 is 0. The van der Waals surface area contributed by atoms with Crippen LogP contribution in [-0.2, 0) is 14.9 Å². The molecule has 150 valence electrons. The maximum atomic E-state index is 12.9. The Morgan fingerprint density at radius 2 is 2.21 bits per heavy atom. The van der Waals surface area contributed by atoms with E-state index in [4.69, 9.17) is 4.74 Å². The summed E-state index contributed by atoms with van der Waals surface area (Å²) in [5.41, 5.74) is 1.90. The van der Waals surface area contributed by atoms with Gasteiger partial charge in [0.1, 0.15) is 0 Å². The number of nitrogens with zero attached hydrogens (tertiary/aromatic N) is 2. The molecule has 3 fully saturated rings. The summed E-state index contributed by atoms with van der Waals surface area (Å²) in [7, 11) is 1.47. The van der Waals surface area contributed by atoms with Gasteiger partial charge in [-0.15, -0.1) is 0 Å². The highest BCUT2D eigenvalue weighted by atomic mass is 16.6. The number of nitro benzene ring substituents is 1. The standard InChI is InChI=1S/C21H27N3O4/c1-3-20-7-4-9-23-10-8-21(19(20)23)15-11-13(24(26)27)5-6-16(15)22-17(21)14(12-20)18(25)28-2/h5-6,11,14,17,19,22H,3-4,7-10,12H2,1-2H3/t14-,17+,19+,20+,21+/m1/s1. The van der Waals surface area contributed by atoms with Crippen molar-refractivity contribution < 1.29 is 14.5 Å². The monoisotopic (exact) mass is 385 g/mol. The molecular weight excluding hydrogens is 358 g/mol. The molecule has 0 unspecified atom stereocenters. The molecule has 3 heterocycles. The number of methoxy groups -OCH3 is 1. The molecule has 2 saturated heterocycles. The first kappa shape index (κ1) is 17.9. The van der Waals surface area contributed by atoms with Crippen LogP contribution >= 0.6 is 0 Å². The Kier molecular flexibility index (Phi) is 3.79. The summed E-state index contributed by atoms with van der Waals surface area (Å²) in [6.45, 7) is 4.30. The molecule has 0 radical (unpaired) electrons. The van der Waals surface area contributed by atoms with Gasteiger partial charge in [-0.1, -0.05) is 6.92 Å². The summed E-state index contributed by atoms with van der Waals surface area (Å²) in [4.78, 5) is 26.6. The summed E-state index contributed by atoms with van der Waals surface area (Å²) in [5.74, 6) is -0.389. The number of ether oxygens (including phenoxy) is 1. The van der Waals surface area contributed by atoms with E-state index >= 15 is 0 Å². The van der Waals surface area contributed by atoms with Gasteiger partial charge in [-0.05, 0) is 62.2 Å². The second-order valence-corrected chi connectivity index (χ2v) is 8.99. The third-order valence-electron chi connectivity index (χ3n) is 8.18. The maximum Gasteiger partial charge on any atom is 0.310 e. The van der Waals surface area contributed by atoms with E-state index < -0.39 is 0 Å². The predicted molar refractivity (Wildman–Crippen MR) is 104 cm³/mol. The van der Waals surface area contributed by atoms with Crippen molar-refractivity contribution in [2.75, 3.05) is 25.5 Å². The molecule has 1 aliphatic carbocycles. The number of anilines is 1. The van der Waals surface area contributed by atoms with Crippen molar-refractivity contribution in [2.24, 2.45) is 11.3 Å². The van der Waals surface area contributed by atoms with Gasteiger partial charge in [0.2, 0.25) is 0 Å². The fraction of sp³-hybridized carbons (Fsp3) is 0.667. The fourth-order valence-electron chi connectivity index (χ4n) is 7.21. The van der Waals surface area contributed by atoms with E-state index in [1.165, 1.54) is 7.11 Å². The average Bonchev–Trinajstić information content (AvgIpc) is 3.27. The highest BCUT2D eigenvalue weighted by Crippen LogP contribution is 2.65. The Hall–Kier alpha value is -2.15. The van der Waals surface area contributed by atoms with Crippen LogP contribution < -0.4 is 5.32 Å². The molecule has 4 aliphatic rings. The van der Waals surface area contributed by atoms with Crippen molar-refractivity contribution in [3.63, 3.8) is 0 Å². The fourth-order valence-corrected chi connectivity index (χ4v) is 7.21. The van der Waals surface area contributed by atoms with Gasteiger partial charge in [-0.3, -0.25) is 19.8 Å². The third-order valence-corrected chi connectivity index (χ3v) is 8.18. The molecular formula is C21H27N3O4. The second kappa shape index (κ2) is 5.92. The van der Waals surface area contributed by atoms with Crippen LogP contribution in [0.25, 0.3) is 0 Å². The van der Waals surface area contributed by atoms with E-state index in [0.717, 1.165) is 56.4 Å². The summed E-state index contributed by atoms with van der Waals surface area (Å²) in [6, 6.07) is 5.41. The summed E-state index contributed by atoms with van der Waals surface area (Å²) < 4.78 is 5.23. The van der Waals surface area contributed by atoms with Gasteiger partial charge in [0.15, 0.2) is 0 Å². The second-order valence-electron chi connectivity index (χ2n) is 8.99. The number of fused-ring (bicyclic) bond motifs is 1. The van der Waals surface area contributed by atoms with Gasteiger partial charge in [0, 0.05) is 29.3 Å². The maximum absolute atomic E-state index is 12.9. The Morgan fingerprint density at radius 1 is 1.39 bits per heavy atom. The molecule has 7 nitrogen and oxygen atoms in total. The topological polar surface area (TPSA) is 84.7 Å². The molecule has 0 aromatic heterocycles. The largest absolute Gasteiger partial charge is 0.469 e. The van der Waals surface area contributed by atoms with Crippen LogP contribution in [0.3, 0.4) is 0 Å². The lowest BCUT2D eigenvalue weighted by Crippen LogP contribution is -2.67. The first-order valence-corrected chi connectivity index (χ1v) is 10.3. The number of nitro groups is 1. The number of esters is 1. The number of nitrogens with one attached hydrogen (secondary N) is 1. The third kappa shape index (κ3) is 2.05. The number of non-ortho nitro benzene ring substituents is 1. The Bertz CT molecular complexity index is 858. The molecule has 5 rings (SSSR count). The smallest absolute Gasteiger partial charge is 0.310 e. The van der Waals surface area contributed by atoms with Crippen LogP contribution in [0.2, 0.25) is 0 Å². The molecule has 3 aliphatic heterocycles. The zero-order chi connectivity index (χ0) is 19.7. The molecule has 28 heavy (non-hydrogen) atoms. The molecule has 0 amide bonds. The van der Waals surface area contributed by atoms with Gasteiger partial charge < -0.3 is 10.1 Å². The SMILES string of the molecule is CC[C@]12CCCN3CC[C@@]4(c5cc([N+](=O)[O-])ccc5N[C@H]4[C@H](C(=O)OC)C1)[C@@H]32. The van der Waals surface area contributed by atoms with E-state index in [0.29, 0.717) is 6.04 Å². The van der Waals surface area contributed by atoms with Gasteiger partial charge in [0.05, 0.1) is 24.0 Å². The molecule has 1 aromatic carbocycles. The van der Waals surface area contributed by atoms with Crippen LogP contribution in [0.4, 0.5) is 11.4 Å². The van der Waals surface area contributed by atoms with E-state index in [1.807, 2.05) is 6.07 Å². The minimum Gasteiger partial charge on any atom is -0.469 e. The van der Waals surface area contributed by atoms with E-state index in [1.54, 1.807) is 12.1 Å². The van der Waals surface area contributed by atoms with Crippen molar-refractivity contribution in [2.45, 2.75) is 56.5 Å². The molecule has 5 atom stereocenters. The lowest BCUT2D eigenvalue weighted by molar-refractivity contribution is -0.384. The number of rotatable bonds is 3. The van der Waals surface area contributed by atoms with Crippen LogP contribution in [0, 0.1) is 21.4 Å². The first-order valence-electron chi connectivity index (χ1n) is 10.3. The molecule has 7 heteroatoms. The van der Waals surface area contributed by atoms with Crippen molar-refractivity contribution in [1.29, 1.82) is 0 Å². The minimum atomic E-state index is -0.314. The number of piperidine rings is 1. The highest BCUT2D eigenvalue weighted by molar-refractivity contribution is 5.78. The summed E-state index contributed by atoms with van der Waals surface area (Å²) in [5, 5.41) is 15.1. The van der Waals surface area contributed by atoms with Gasteiger partial charge in [-0.2, -0.15) is 0 Å². The lowest BCUT2D eigenvalue weighted by atomic mass is 9.49. The van der Waals surface area contributed by atoms with Gasteiger partial charge >= 0.3 is 5.97 Å². The number of carbonyl (C=O) groups is 1. The van der Waals surface area contributed by atoms with Crippen molar-refractivity contribution in [3.05, 3.63) is 33.9 Å². The predicted octanol–water partition coefficient (Wildman–Crippen LogP) is 3.08.